The Bertz CT molecular complexity index is 796. The predicted octanol–water partition coefficient (Wildman–Crippen LogP) is 2.40. The van der Waals surface area contributed by atoms with Gasteiger partial charge in [-0.3, -0.25) is 9.59 Å². The number of aliphatic hydroxyl groups is 1. The van der Waals surface area contributed by atoms with E-state index in [9.17, 15) is 19.5 Å². The van der Waals surface area contributed by atoms with Crippen LogP contribution < -0.4 is 10.1 Å². The highest BCUT2D eigenvalue weighted by Crippen LogP contribution is 2.36. The Labute approximate surface area is 182 Å². The van der Waals surface area contributed by atoms with Crippen molar-refractivity contribution in [2.75, 3.05) is 12.4 Å². The summed E-state index contributed by atoms with van der Waals surface area (Å²) in [5.74, 6) is -1.59. The van der Waals surface area contributed by atoms with Gasteiger partial charge in [-0.15, -0.1) is 0 Å². The first kappa shape index (κ1) is 24.6. The summed E-state index contributed by atoms with van der Waals surface area (Å²) in [7, 11) is 1.23. The van der Waals surface area contributed by atoms with E-state index in [-0.39, 0.29) is 24.3 Å². The minimum absolute atomic E-state index is 0.184. The van der Waals surface area contributed by atoms with Crippen LogP contribution in [0, 0.1) is 11.8 Å². The monoisotopic (exact) mass is 437 g/mol. The van der Waals surface area contributed by atoms with Crippen LogP contribution in [0.15, 0.2) is 18.2 Å². The summed E-state index contributed by atoms with van der Waals surface area (Å²) >= 11 is 0. The van der Waals surface area contributed by atoms with Crippen LogP contribution in [0.4, 0.5) is 5.69 Å². The molecule has 1 fully saturated rings. The molecule has 5 atom stereocenters. The molecule has 0 radical (unpaired) electrons. The summed E-state index contributed by atoms with van der Waals surface area (Å²) in [5, 5.41) is 12.2. The van der Waals surface area contributed by atoms with Gasteiger partial charge < -0.3 is 29.4 Å². The van der Waals surface area contributed by atoms with Gasteiger partial charge in [0.15, 0.2) is 6.10 Å². The second-order valence-electron chi connectivity index (χ2n) is 7.65. The van der Waals surface area contributed by atoms with E-state index in [1.807, 2.05) is 20.8 Å². The summed E-state index contributed by atoms with van der Waals surface area (Å²) in [5.41, 5.74) is 0.998. The maximum absolute atomic E-state index is 12.3. The number of nitrogens with one attached hydrogen (secondary N) is 1. The van der Waals surface area contributed by atoms with E-state index < -0.39 is 30.4 Å². The van der Waals surface area contributed by atoms with Crippen LogP contribution in [0.1, 0.15) is 46.1 Å². The smallest absolute Gasteiger partial charge is 0.339 e. The fourth-order valence-corrected chi connectivity index (χ4v) is 3.41. The number of rotatable bonds is 8. The highest BCUT2D eigenvalue weighted by molar-refractivity contribution is 5.92. The number of anilines is 1. The molecule has 2 rings (SSSR count). The lowest BCUT2D eigenvalue weighted by molar-refractivity contribution is -0.243. The number of amides is 1. The summed E-state index contributed by atoms with van der Waals surface area (Å²) in [4.78, 5) is 36.0. The first-order valence-corrected chi connectivity index (χ1v) is 10.3. The molecule has 0 spiro atoms. The molecular formula is C22H31NO8. The first-order chi connectivity index (χ1) is 14.7. The number of benzene rings is 1. The van der Waals surface area contributed by atoms with Crippen LogP contribution in [0.5, 0.6) is 5.75 Å². The van der Waals surface area contributed by atoms with E-state index in [0.29, 0.717) is 29.8 Å². The number of hydrogen-bond donors (Lipinski definition) is 2. The Morgan fingerprint density at radius 2 is 1.90 bits per heavy atom. The fraction of sp³-hybridized carbons (Fsp3) is 0.591. The molecule has 1 saturated heterocycles. The fourth-order valence-electron chi connectivity index (χ4n) is 3.41. The lowest BCUT2D eigenvalue weighted by atomic mass is 9.84. The molecule has 9 nitrogen and oxygen atoms in total. The van der Waals surface area contributed by atoms with Crippen molar-refractivity contribution in [3.8, 4) is 5.75 Å². The standard InChI is InChI=1S/C22H31NO8/c1-6-7-18(26)23-16-10-15(11-24)8-9-17(16)30-22-13(3)12(2)19(29-14(4)25)20(31-22)21(27)28-5/h8-10,12-13,19-20,22,24H,6-7,11H2,1-5H3,(H,23,26)/t12-,13-,19+,20+,22-/m1/s1. The normalized spacial score (nSPS) is 25.4. The number of ether oxygens (including phenoxy) is 4. The van der Waals surface area contributed by atoms with Crippen LogP contribution in [-0.2, 0) is 35.2 Å². The summed E-state index contributed by atoms with van der Waals surface area (Å²) in [6, 6.07) is 4.92. The van der Waals surface area contributed by atoms with Gasteiger partial charge in [-0.1, -0.05) is 26.8 Å². The molecular weight excluding hydrogens is 406 g/mol. The number of methoxy groups -OCH3 is 1. The van der Waals surface area contributed by atoms with Crippen molar-refractivity contribution in [1.29, 1.82) is 0 Å². The van der Waals surface area contributed by atoms with Gasteiger partial charge in [0, 0.05) is 25.2 Å². The van der Waals surface area contributed by atoms with Gasteiger partial charge in [-0.2, -0.15) is 0 Å². The molecule has 1 aliphatic heterocycles. The minimum atomic E-state index is -1.15. The summed E-state index contributed by atoms with van der Waals surface area (Å²) in [6.45, 7) is 6.66. The van der Waals surface area contributed by atoms with E-state index in [1.165, 1.54) is 14.0 Å². The van der Waals surface area contributed by atoms with Gasteiger partial charge >= 0.3 is 11.9 Å². The second kappa shape index (κ2) is 11.1. The second-order valence-corrected chi connectivity index (χ2v) is 7.65. The van der Waals surface area contributed by atoms with E-state index in [1.54, 1.807) is 18.2 Å². The zero-order valence-electron chi connectivity index (χ0n) is 18.5. The summed E-state index contributed by atoms with van der Waals surface area (Å²) in [6.07, 6.45) is -1.82. The largest absolute Gasteiger partial charge is 0.467 e. The number of esters is 2. The minimum Gasteiger partial charge on any atom is -0.467 e. The van der Waals surface area contributed by atoms with Gasteiger partial charge in [0.2, 0.25) is 12.2 Å². The SMILES string of the molecule is CCCC(=O)Nc1cc(CO)ccc1O[C@@H]1O[C@H](C(=O)OC)[C@@H](OC(C)=O)[C@H](C)[C@H]1C. The van der Waals surface area contributed by atoms with E-state index in [0.717, 1.165) is 0 Å². The molecule has 31 heavy (non-hydrogen) atoms. The molecule has 1 heterocycles. The van der Waals surface area contributed by atoms with E-state index in [4.69, 9.17) is 18.9 Å². The third-order valence-electron chi connectivity index (χ3n) is 5.31. The lowest BCUT2D eigenvalue weighted by Gasteiger charge is -2.42. The number of carbonyl (C=O) groups excluding carboxylic acids is 3. The van der Waals surface area contributed by atoms with Gasteiger partial charge in [0.25, 0.3) is 0 Å². The molecule has 0 unspecified atom stereocenters. The number of aliphatic hydroxyl groups excluding tert-OH is 1. The zero-order valence-corrected chi connectivity index (χ0v) is 18.5. The van der Waals surface area contributed by atoms with Crippen molar-refractivity contribution >= 4 is 23.5 Å². The van der Waals surface area contributed by atoms with Gasteiger partial charge in [-0.25, -0.2) is 4.79 Å². The molecule has 1 aromatic carbocycles. The zero-order chi connectivity index (χ0) is 23.1. The van der Waals surface area contributed by atoms with Crippen molar-refractivity contribution in [2.45, 2.75) is 65.6 Å². The molecule has 9 heteroatoms. The molecule has 1 aromatic rings. The Balaban J connectivity index is 2.31. The van der Waals surface area contributed by atoms with Crippen molar-refractivity contribution in [2.24, 2.45) is 11.8 Å². The van der Waals surface area contributed by atoms with Gasteiger partial charge in [-0.05, 0) is 24.1 Å². The van der Waals surface area contributed by atoms with Crippen molar-refractivity contribution in [1.82, 2.24) is 0 Å². The first-order valence-electron chi connectivity index (χ1n) is 10.3. The topological polar surface area (TPSA) is 120 Å². The van der Waals surface area contributed by atoms with Gasteiger partial charge in [0.05, 0.1) is 19.4 Å². The lowest BCUT2D eigenvalue weighted by Crippen LogP contribution is -2.55. The average Bonchev–Trinajstić information content (AvgIpc) is 2.73. The molecule has 1 aliphatic rings. The number of hydrogen-bond acceptors (Lipinski definition) is 8. The van der Waals surface area contributed by atoms with E-state index in [2.05, 4.69) is 5.32 Å². The Hall–Kier alpha value is -2.65. The average molecular weight is 437 g/mol. The molecule has 172 valence electrons. The third kappa shape index (κ3) is 6.18. The molecule has 0 aromatic heterocycles. The van der Waals surface area contributed by atoms with Gasteiger partial charge in [0.1, 0.15) is 11.9 Å². The van der Waals surface area contributed by atoms with Crippen LogP contribution in [0.25, 0.3) is 0 Å². The van der Waals surface area contributed by atoms with Crippen LogP contribution in [0.3, 0.4) is 0 Å². The van der Waals surface area contributed by atoms with Crippen molar-refractivity contribution < 1.29 is 38.4 Å². The maximum Gasteiger partial charge on any atom is 0.339 e. The quantitative estimate of drug-likeness (QED) is 0.595. The highest BCUT2D eigenvalue weighted by Gasteiger charge is 2.48. The molecule has 0 saturated carbocycles. The number of carbonyl (C=O) groups is 3. The van der Waals surface area contributed by atoms with Crippen molar-refractivity contribution in [3.63, 3.8) is 0 Å². The predicted molar refractivity (Wildman–Crippen MR) is 111 cm³/mol. The van der Waals surface area contributed by atoms with Crippen LogP contribution >= 0.6 is 0 Å². The van der Waals surface area contributed by atoms with Crippen LogP contribution in [0.2, 0.25) is 0 Å². The molecule has 2 N–H and O–H groups in total. The maximum atomic E-state index is 12.3. The third-order valence-corrected chi connectivity index (χ3v) is 5.31. The highest BCUT2D eigenvalue weighted by atomic mass is 16.7. The van der Waals surface area contributed by atoms with Crippen molar-refractivity contribution in [3.05, 3.63) is 23.8 Å². The Morgan fingerprint density at radius 3 is 2.48 bits per heavy atom. The molecule has 1 amide bonds. The Morgan fingerprint density at radius 1 is 1.19 bits per heavy atom. The van der Waals surface area contributed by atoms with Crippen LogP contribution in [-0.4, -0.2) is 48.6 Å². The molecule has 0 bridgehead atoms. The molecule has 0 aliphatic carbocycles. The van der Waals surface area contributed by atoms with E-state index >= 15 is 0 Å². The Kier molecular flexibility index (Phi) is 8.82. The summed E-state index contributed by atoms with van der Waals surface area (Å²) < 4.78 is 22.1.